The topological polar surface area (TPSA) is 68.5 Å². The highest BCUT2D eigenvalue weighted by Gasteiger charge is 2.06. The Kier molecular flexibility index (Phi) is 4.07. The van der Waals surface area contributed by atoms with Gasteiger partial charge in [0.2, 0.25) is 11.2 Å². The summed E-state index contributed by atoms with van der Waals surface area (Å²) in [6.45, 7) is 0.711. The third kappa shape index (κ3) is 3.55. The SMILES string of the molecule is Clc1nc(NCCc2ccccc2)nc(-n2cccn2)n1. The zero-order chi connectivity index (χ0) is 14.5. The molecular formula is C14H13ClN6. The second-order valence-corrected chi connectivity index (χ2v) is 4.68. The van der Waals surface area contributed by atoms with Crippen LogP contribution in [-0.4, -0.2) is 31.3 Å². The first kappa shape index (κ1) is 13.5. The molecule has 0 aliphatic carbocycles. The molecule has 3 aromatic rings. The highest BCUT2D eigenvalue weighted by Crippen LogP contribution is 2.09. The van der Waals surface area contributed by atoms with Gasteiger partial charge in [-0.25, -0.2) is 4.68 Å². The third-order valence-electron chi connectivity index (χ3n) is 2.85. The summed E-state index contributed by atoms with van der Waals surface area (Å²) in [5.41, 5.74) is 1.25. The van der Waals surface area contributed by atoms with E-state index in [9.17, 15) is 0 Å². The Morgan fingerprint density at radius 3 is 2.67 bits per heavy atom. The molecule has 0 unspecified atom stereocenters. The summed E-state index contributed by atoms with van der Waals surface area (Å²) < 4.78 is 1.54. The minimum atomic E-state index is 0.137. The van der Waals surface area contributed by atoms with E-state index in [-0.39, 0.29) is 5.28 Å². The summed E-state index contributed by atoms with van der Waals surface area (Å²) >= 11 is 5.92. The molecule has 0 fully saturated rings. The maximum atomic E-state index is 5.92. The molecule has 0 aliphatic rings. The highest BCUT2D eigenvalue weighted by molar-refractivity contribution is 6.28. The van der Waals surface area contributed by atoms with E-state index in [2.05, 4.69) is 37.5 Å². The third-order valence-corrected chi connectivity index (χ3v) is 3.01. The van der Waals surface area contributed by atoms with Gasteiger partial charge in [-0.3, -0.25) is 0 Å². The summed E-state index contributed by atoms with van der Waals surface area (Å²) in [5.74, 6) is 0.832. The lowest BCUT2D eigenvalue weighted by Gasteiger charge is -2.06. The van der Waals surface area contributed by atoms with Crippen LogP contribution in [0.25, 0.3) is 5.95 Å². The van der Waals surface area contributed by atoms with Gasteiger partial charge in [0.05, 0.1) is 0 Å². The van der Waals surface area contributed by atoms with Crippen LogP contribution in [-0.2, 0) is 6.42 Å². The number of nitrogens with one attached hydrogen (secondary N) is 1. The molecule has 0 spiro atoms. The van der Waals surface area contributed by atoms with E-state index in [1.165, 1.54) is 10.2 Å². The molecular weight excluding hydrogens is 288 g/mol. The van der Waals surface area contributed by atoms with Gasteiger partial charge in [0, 0.05) is 18.9 Å². The average molecular weight is 301 g/mol. The first-order chi connectivity index (χ1) is 10.3. The van der Waals surface area contributed by atoms with Crippen molar-refractivity contribution in [3.63, 3.8) is 0 Å². The lowest BCUT2D eigenvalue weighted by Crippen LogP contribution is -2.11. The Balaban J connectivity index is 1.68. The normalized spacial score (nSPS) is 10.5. The van der Waals surface area contributed by atoms with Crippen molar-refractivity contribution in [3.05, 3.63) is 59.6 Å². The molecule has 0 aliphatic heterocycles. The molecule has 0 saturated carbocycles. The minimum absolute atomic E-state index is 0.137. The Labute approximate surface area is 126 Å². The molecule has 106 valence electrons. The van der Waals surface area contributed by atoms with Crippen LogP contribution in [0.1, 0.15) is 5.56 Å². The monoisotopic (exact) mass is 300 g/mol. The Morgan fingerprint density at radius 2 is 1.90 bits per heavy atom. The van der Waals surface area contributed by atoms with Gasteiger partial charge in [-0.1, -0.05) is 30.3 Å². The van der Waals surface area contributed by atoms with Gasteiger partial charge in [-0.2, -0.15) is 20.1 Å². The van der Waals surface area contributed by atoms with E-state index in [0.29, 0.717) is 18.4 Å². The van der Waals surface area contributed by atoms with Gasteiger partial charge in [-0.05, 0) is 29.7 Å². The number of halogens is 1. The van der Waals surface area contributed by atoms with Crippen LogP contribution in [0.15, 0.2) is 48.8 Å². The van der Waals surface area contributed by atoms with Crippen LogP contribution in [0.4, 0.5) is 5.95 Å². The van der Waals surface area contributed by atoms with Crippen molar-refractivity contribution in [3.8, 4) is 5.95 Å². The number of benzene rings is 1. The summed E-state index contributed by atoms with van der Waals surface area (Å²) in [4.78, 5) is 12.4. The van der Waals surface area contributed by atoms with Crippen molar-refractivity contribution in [2.75, 3.05) is 11.9 Å². The molecule has 2 heterocycles. The van der Waals surface area contributed by atoms with Crippen LogP contribution in [0, 0.1) is 0 Å². The molecule has 6 nitrogen and oxygen atoms in total. The van der Waals surface area contributed by atoms with Crippen molar-refractivity contribution in [1.82, 2.24) is 24.7 Å². The Morgan fingerprint density at radius 1 is 1.05 bits per heavy atom. The van der Waals surface area contributed by atoms with Gasteiger partial charge < -0.3 is 5.32 Å². The number of anilines is 1. The van der Waals surface area contributed by atoms with Gasteiger partial charge >= 0.3 is 0 Å². The standard InChI is InChI=1S/C14H13ClN6/c15-12-18-13(16-9-7-11-5-2-1-3-6-11)20-14(19-12)21-10-4-8-17-21/h1-6,8,10H,7,9H2,(H,16,18,19,20). The number of hydrogen-bond acceptors (Lipinski definition) is 5. The van der Waals surface area contributed by atoms with E-state index in [4.69, 9.17) is 11.6 Å². The van der Waals surface area contributed by atoms with Crippen molar-refractivity contribution in [2.45, 2.75) is 6.42 Å². The first-order valence-corrected chi connectivity index (χ1v) is 6.88. The second-order valence-electron chi connectivity index (χ2n) is 4.34. The fourth-order valence-electron chi connectivity index (χ4n) is 1.87. The van der Waals surface area contributed by atoms with E-state index in [1.807, 2.05) is 18.2 Å². The molecule has 21 heavy (non-hydrogen) atoms. The van der Waals surface area contributed by atoms with Crippen molar-refractivity contribution in [2.24, 2.45) is 0 Å². The highest BCUT2D eigenvalue weighted by atomic mass is 35.5. The van der Waals surface area contributed by atoms with Crippen LogP contribution in [0.5, 0.6) is 0 Å². The van der Waals surface area contributed by atoms with E-state index < -0.39 is 0 Å². The van der Waals surface area contributed by atoms with E-state index in [1.54, 1.807) is 18.5 Å². The largest absolute Gasteiger partial charge is 0.354 e. The summed E-state index contributed by atoms with van der Waals surface area (Å²) in [5, 5.41) is 7.36. The number of hydrogen-bond donors (Lipinski definition) is 1. The second kappa shape index (κ2) is 6.32. The van der Waals surface area contributed by atoms with Gasteiger partial charge in [0.1, 0.15) is 0 Å². The van der Waals surface area contributed by atoms with E-state index >= 15 is 0 Å². The molecule has 0 atom stereocenters. The molecule has 0 bridgehead atoms. The molecule has 3 rings (SSSR count). The van der Waals surface area contributed by atoms with Crippen molar-refractivity contribution in [1.29, 1.82) is 0 Å². The first-order valence-electron chi connectivity index (χ1n) is 6.51. The lowest BCUT2D eigenvalue weighted by molar-refractivity contribution is 0.794. The lowest BCUT2D eigenvalue weighted by atomic mass is 10.1. The van der Waals surface area contributed by atoms with Crippen LogP contribution < -0.4 is 5.32 Å². The van der Waals surface area contributed by atoms with Crippen LogP contribution in [0.3, 0.4) is 0 Å². The van der Waals surface area contributed by atoms with Crippen molar-refractivity contribution < 1.29 is 0 Å². The number of aromatic nitrogens is 5. The summed E-state index contributed by atoms with van der Waals surface area (Å²) in [7, 11) is 0. The Hall–Kier alpha value is -2.47. The summed E-state index contributed by atoms with van der Waals surface area (Å²) in [6, 6.07) is 12.0. The van der Waals surface area contributed by atoms with Crippen LogP contribution >= 0.6 is 11.6 Å². The smallest absolute Gasteiger partial charge is 0.256 e. The number of nitrogens with zero attached hydrogens (tertiary/aromatic N) is 5. The van der Waals surface area contributed by atoms with Gasteiger partial charge in [-0.15, -0.1) is 0 Å². The molecule has 7 heteroatoms. The van der Waals surface area contributed by atoms with Crippen LogP contribution in [0.2, 0.25) is 5.28 Å². The Bertz CT molecular complexity index is 699. The summed E-state index contributed by atoms with van der Waals surface area (Å²) in [6.07, 6.45) is 4.28. The predicted molar refractivity (Wildman–Crippen MR) is 80.6 cm³/mol. The fraction of sp³-hybridized carbons (Fsp3) is 0.143. The maximum Gasteiger partial charge on any atom is 0.256 e. The molecule has 2 aromatic heterocycles. The predicted octanol–water partition coefficient (Wildman–Crippen LogP) is 2.37. The zero-order valence-corrected chi connectivity index (χ0v) is 11.9. The van der Waals surface area contributed by atoms with Gasteiger partial charge in [0.25, 0.3) is 5.95 Å². The minimum Gasteiger partial charge on any atom is -0.354 e. The number of rotatable bonds is 5. The average Bonchev–Trinajstić information content (AvgIpc) is 3.02. The molecule has 1 N–H and O–H groups in total. The fourth-order valence-corrected chi connectivity index (χ4v) is 2.03. The van der Waals surface area contributed by atoms with E-state index in [0.717, 1.165) is 6.42 Å². The molecule has 1 aromatic carbocycles. The van der Waals surface area contributed by atoms with Crippen molar-refractivity contribution >= 4 is 17.5 Å². The molecule has 0 amide bonds. The quantitative estimate of drug-likeness (QED) is 0.783. The zero-order valence-electron chi connectivity index (χ0n) is 11.1. The maximum absolute atomic E-state index is 5.92. The molecule has 0 saturated heterocycles. The van der Waals surface area contributed by atoms with Gasteiger partial charge in [0.15, 0.2) is 0 Å². The molecule has 0 radical (unpaired) electrons.